The number of phenolic OH excluding ortho intramolecular Hbond substituents is 1. The molecule has 1 aliphatic rings. The van der Waals surface area contributed by atoms with Gasteiger partial charge in [0.25, 0.3) is 0 Å². The molecule has 0 radical (unpaired) electrons. The van der Waals surface area contributed by atoms with Gasteiger partial charge in [-0.15, -0.1) is 0 Å². The van der Waals surface area contributed by atoms with Crippen LogP contribution >= 0.6 is 0 Å². The maximum absolute atomic E-state index is 10.9. The third kappa shape index (κ3) is 10.9. The Hall–Kier alpha value is -2.82. The van der Waals surface area contributed by atoms with Gasteiger partial charge in [0, 0.05) is 49.3 Å². The fourth-order valence-corrected chi connectivity index (χ4v) is 6.51. The molecule has 2 aromatic heterocycles. The number of aromatic amines is 1. The van der Waals surface area contributed by atoms with Gasteiger partial charge in [0.05, 0.1) is 12.7 Å². The number of hydrogen-bond donors (Lipinski definition) is 7. The fourth-order valence-electron chi connectivity index (χ4n) is 6.51. The van der Waals surface area contributed by atoms with E-state index in [0.29, 0.717) is 42.7 Å². The average molecular weight is 626 g/mol. The summed E-state index contributed by atoms with van der Waals surface area (Å²) in [5, 5.41) is 44.3. The number of furan rings is 1. The van der Waals surface area contributed by atoms with Crippen LogP contribution < -0.4 is 15.8 Å². The molecular formula is C36H55N3O6. The van der Waals surface area contributed by atoms with E-state index >= 15 is 0 Å². The molecule has 9 nitrogen and oxygen atoms in total. The van der Waals surface area contributed by atoms with Crippen LogP contribution in [0.1, 0.15) is 111 Å². The predicted molar refractivity (Wildman–Crippen MR) is 176 cm³/mol. The Morgan fingerprint density at radius 3 is 2.53 bits per heavy atom. The molecule has 1 saturated carbocycles. The molecule has 9 heteroatoms. The fraction of sp³-hybridized carbons (Fsp3) is 0.611. The third-order valence-electron chi connectivity index (χ3n) is 9.09. The van der Waals surface area contributed by atoms with Gasteiger partial charge in [-0.05, 0) is 86.9 Å². The zero-order valence-electron chi connectivity index (χ0n) is 27.0. The molecule has 1 aliphatic carbocycles. The molecule has 0 unspecified atom stereocenters. The number of rotatable bonds is 21. The Kier molecular flexibility index (Phi) is 14.3. The van der Waals surface area contributed by atoms with Gasteiger partial charge in [0.2, 0.25) is 0 Å². The van der Waals surface area contributed by atoms with Crippen molar-refractivity contribution in [1.82, 2.24) is 10.3 Å². The molecule has 3 atom stereocenters. The number of phenols is 1. The van der Waals surface area contributed by atoms with Crippen LogP contribution in [0.2, 0.25) is 0 Å². The lowest BCUT2D eigenvalue weighted by Gasteiger charge is -2.23. The van der Waals surface area contributed by atoms with Gasteiger partial charge >= 0.3 is 0 Å². The topological polar surface area (TPSA) is 157 Å². The van der Waals surface area contributed by atoms with E-state index in [-0.39, 0.29) is 19.0 Å². The van der Waals surface area contributed by atoms with Gasteiger partial charge in [0.1, 0.15) is 24.2 Å². The van der Waals surface area contributed by atoms with Gasteiger partial charge < -0.3 is 45.6 Å². The first kappa shape index (κ1) is 35.0. The molecule has 0 amide bonds. The maximum Gasteiger partial charge on any atom is 0.161 e. The molecule has 45 heavy (non-hydrogen) atoms. The highest BCUT2D eigenvalue weighted by Crippen LogP contribution is 2.38. The van der Waals surface area contributed by atoms with Crippen molar-refractivity contribution in [2.24, 2.45) is 11.7 Å². The number of H-pyrrole nitrogens is 1. The van der Waals surface area contributed by atoms with Crippen molar-refractivity contribution in [2.75, 3.05) is 26.2 Å². The molecule has 0 spiro atoms. The number of nitrogens with two attached hydrogens (primary N) is 1. The summed E-state index contributed by atoms with van der Waals surface area (Å²) in [5.74, 6) is 2.96. The summed E-state index contributed by atoms with van der Waals surface area (Å²) in [4.78, 5) is 3.24. The van der Waals surface area contributed by atoms with Crippen LogP contribution in [0.5, 0.6) is 11.5 Å². The first-order valence-corrected chi connectivity index (χ1v) is 17.0. The second kappa shape index (κ2) is 18.4. The highest BCUT2D eigenvalue weighted by molar-refractivity contribution is 5.42. The smallest absolute Gasteiger partial charge is 0.161 e. The zero-order chi connectivity index (χ0) is 32.0. The van der Waals surface area contributed by atoms with Crippen molar-refractivity contribution in [2.45, 2.75) is 109 Å². The van der Waals surface area contributed by atoms with E-state index in [1.165, 1.54) is 25.7 Å². The predicted octanol–water partition coefficient (Wildman–Crippen LogP) is 5.40. The normalized spacial score (nSPS) is 15.8. The van der Waals surface area contributed by atoms with Crippen LogP contribution in [-0.4, -0.2) is 57.8 Å². The van der Waals surface area contributed by atoms with Gasteiger partial charge in [0.15, 0.2) is 11.5 Å². The molecular weight excluding hydrogens is 570 g/mol. The highest BCUT2D eigenvalue weighted by Gasteiger charge is 2.27. The van der Waals surface area contributed by atoms with Crippen molar-refractivity contribution in [3.8, 4) is 11.5 Å². The van der Waals surface area contributed by atoms with Crippen LogP contribution in [0.15, 0.2) is 40.9 Å². The van der Waals surface area contributed by atoms with Crippen molar-refractivity contribution in [1.29, 1.82) is 0 Å². The number of aliphatic hydroxyl groups is 3. The SMILES string of the molecule is C[C@H](O)CNC[C@@H](c1c[nH]c([C@@H](O)COc2cc(CCc3cc(CO)c(CCCCCCCN)o3)ccc2O)c1)C1CCCC1. The number of benzene rings is 1. The van der Waals surface area contributed by atoms with Crippen LogP contribution in [0.3, 0.4) is 0 Å². The summed E-state index contributed by atoms with van der Waals surface area (Å²) in [5.41, 5.74) is 9.25. The van der Waals surface area contributed by atoms with Crippen molar-refractivity contribution in [3.63, 3.8) is 0 Å². The van der Waals surface area contributed by atoms with Gasteiger partial charge in [-0.3, -0.25) is 0 Å². The van der Waals surface area contributed by atoms with Gasteiger partial charge in [-0.25, -0.2) is 0 Å². The standard InChI is InChI=1S/C36H55N3O6/c1-25(41)20-38-22-31(27-9-6-7-10-27)28-19-32(39-21-28)34(43)24-44-36-17-26(13-15-33(36)42)12-14-30-18-29(23-40)35(45-30)11-5-3-2-4-8-16-37/h13,15,17-19,21,25,27,31,34,38-43H,2-12,14,16,20,22-24,37H2,1H3/t25-,31+,34-/m0/s1. The second-order valence-electron chi connectivity index (χ2n) is 12.8. The lowest BCUT2D eigenvalue weighted by atomic mass is 9.86. The molecule has 0 saturated heterocycles. The Labute approximate surface area is 268 Å². The lowest BCUT2D eigenvalue weighted by molar-refractivity contribution is 0.103. The Bertz CT molecular complexity index is 1270. The number of aromatic hydroxyl groups is 1. The molecule has 4 rings (SSSR count). The van der Waals surface area contributed by atoms with E-state index < -0.39 is 12.2 Å². The van der Waals surface area contributed by atoms with E-state index in [1.807, 2.05) is 30.5 Å². The molecule has 250 valence electrons. The first-order valence-electron chi connectivity index (χ1n) is 17.0. The number of nitrogens with one attached hydrogen (secondary N) is 2. The number of hydrogen-bond acceptors (Lipinski definition) is 8. The molecule has 3 aromatic rings. The Morgan fingerprint density at radius 1 is 1.00 bits per heavy atom. The van der Waals surface area contributed by atoms with Gasteiger partial charge in [-0.2, -0.15) is 0 Å². The van der Waals surface area contributed by atoms with Crippen molar-refractivity contribution in [3.05, 3.63) is 70.4 Å². The minimum atomic E-state index is -0.879. The number of aliphatic hydroxyl groups excluding tert-OH is 3. The number of unbranched alkanes of at least 4 members (excludes halogenated alkanes) is 4. The second-order valence-corrected chi connectivity index (χ2v) is 12.8. The van der Waals surface area contributed by atoms with Crippen LogP contribution in [0.25, 0.3) is 0 Å². The Morgan fingerprint density at radius 2 is 1.78 bits per heavy atom. The number of ether oxygens (including phenoxy) is 1. The van der Waals surface area contributed by atoms with E-state index in [0.717, 1.165) is 79.8 Å². The molecule has 1 fully saturated rings. The summed E-state index contributed by atoms with van der Waals surface area (Å²) < 4.78 is 12.0. The highest BCUT2D eigenvalue weighted by atomic mass is 16.5. The van der Waals surface area contributed by atoms with E-state index in [2.05, 4.69) is 10.3 Å². The summed E-state index contributed by atoms with van der Waals surface area (Å²) in [6.07, 6.45) is 13.3. The molecule has 8 N–H and O–H groups in total. The molecule has 2 heterocycles. The van der Waals surface area contributed by atoms with E-state index in [4.69, 9.17) is 14.9 Å². The van der Waals surface area contributed by atoms with Crippen molar-refractivity contribution >= 4 is 0 Å². The van der Waals surface area contributed by atoms with E-state index in [1.54, 1.807) is 13.0 Å². The van der Waals surface area contributed by atoms with Gasteiger partial charge in [-0.1, -0.05) is 38.2 Å². The summed E-state index contributed by atoms with van der Waals surface area (Å²) in [6.45, 7) is 3.84. The minimum absolute atomic E-state index is 0.00103. The zero-order valence-corrected chi connectivity index (χ0v) is 27.0. The number of aryl methyl sites for hydroxylation is 3. The van der Waals surface area contributed by atoms with Crippen LogP contribution in [-0.2, 0) is 25.9 Å². The van der Waals surface area contributed by atoms with Crippen LogP contribution in [0, 0.1) is 5.92 Å². The average Bonchev–Trinajstić information content (AvgIpc) is 3.81. The quantitative estimate of drug-likeness (QED) is 0.0776. The van der Waals surface area contributed by atoms with Crippen molar-refractivity contribution < 1.29 is 29.6 Å². The lowest BCUT2D eigenvalue weighted by Crippen LogP contribution is -2.31. The molecule has 0 aliphatic heterocycles. The summed E-state index contributed by atoms with van der Waals surface area (Å²) in [7, 11) is 0. The third-order valence-corrected chi connectivity index (χ3v) is 9.09. The summed E-state index contributed by atoms with van der Waals surface area (Å²) >= 11 is 0. The summed E-state index contributed by atoms with van der Waals surface area (Å²) in [6, 6.07) is 9.27. The first-order chi connectivity index (χ1) is 21.9. The number of aromatic nitrogens is 1. The maximum atomic E-state index is 10.9. The minimum Gasteiger partial charge on any atom is -0.504 e. The molecule has 0 bridgehead atoms. The molecule has 1 aromatic carbocycles. The largest absolute Gasteiger partial charge is 0.504 e. The Balaban J connectivity index is 1.29. The monoisotopic (exact) mass is 625 g/mol. The van der Waals surface area contributed by atoms with E-state index in [9.17, 15) is 20.4 Å². The van der Waals surface area contributed by atoms with Crippen LogP contribution in [0.4, 0.5) is 0 Å².